The molecule has 0 radical (unpaired) electrons. The summed E-state index contributed by atoms with van der Waals surface area (Å²) in [4.78, 5) is 1.91. The molecule has 0 fully saturated rings. The zero-order valence-corrected chi connectivity index (χ0v) is 10.7. The van der Waals surface area contributed by atoms with E-state index in [1.807, 2.05) is 24.1 Å². The number of methoxy groups -OCH3 is 3. The maximum Gasteiger partial charge on any atom is 0.203 e. The fourth-order valence-corrected chi connectivity index (χ4v) is 1.57. The Morgan fingerprint density at radius 3 is 1.94 bits per heavy atom. The number of aliphatic hydroxyl groups excluding tert-OH is 1. The van der Waals surface area contributed by atoms with E-state index >= 15 is 0 Å². The van der Waals surface area contributed by atoms with Gasteiger partial charge in [-0.1, -0.05) is 0 Å². The molecule has 0 spiro atoms. The van der Waals surface area contributed by atoms with Crippen molar-refractivity contribution in [1.82, 2.24) is 0 Å². The second kappa shape index (κ2) is 6.20. The summed E-state index contributed by atoms with van der Waals surface area (Å²) < 4.78 is 15.7. The first-order valence-corrected chi connectivity index (χ1v) is 5.30. The summed E-state index contributed by atoms with van der Waals surface area (Å²) in [6.07, 6.45) is 0. The first-order valence-electron chi connectivity index (χ1n) is 5.30. The highest BCUT2D eigenvalue weighted by Gasteiger charge is 2.14. The van der Waals surface area contributed by atoms with Gasteiger partial charge in [-0.25, -0.2) is 0 Å². The maximum absolute atomic E-state index is 8.92. The zero-order chi connectivity index (χ0) is 12.8. The highest BCUT2D eigenvalue weighted by molar-refractivity contribution is 5.63. The van der Waals surface area contributed by atoms with Gasteiger partial charge in [-0.15, -0.1) is 0 Å². The van der Waals surface area contributed by atoms with Gasteiger partial charge in [0.25, 0.3) is 0 Å². The Labute approximate surface area is 102 Å². The Morgan fingerprint density at radius 2 is 1.59 bits per heavy atom. The summed E-state index contributed by atoms with van der Waals surface area (Å²) in [7, 11) is 6.61. The topological polar surface area (TPSA) is 51.2 Å². The van der Waals surface area contributed by atoms with E-state index in [1.165, 1.54) is 0 Å². The molecule has 5 nitrogen and oxygen atoms in total. The molecule has 0 bridgehead atoms. The van der Waals surface area contributed by atoms with Gasteiger partial charge in [0.2, 0.25) is 5.75 Å². The summed E-state index contributed by atoms with van der Waals surface area (Å²) >= 11 is 0. The van der Waals surface area contributed by atoms with E-state index in [9.17, 15) is 0 Å². The minimum Gasteiger partial charge on any atom is -0.493 e. The van der Waals surface area contributed by atoms with Gasteiger partial charge in [0.05, 0.1) is 27.9 Å². The van der Waals surface area contributed by atoms with Crippen molar-refractivity contribution in [2.75, 3.05) is 46.4 Å². The van der Waals surface area contributed by atoms with Crippen LogP contribution >= 0.6 is 0 Å². The normalized spacial score (nSPS) is 9.94. The third kappa shape index (κ3) is 2.94. The molecule has 0 aliphatic rings. The molecule has 0 saturated carbocycles. The fourth-order valence-electron chi connectivity index (χ4n) is 1.57. The number of ether oxygens (including phenoxy) is 3. The number of aliphatic hydroxyl groups is 1. The monoisotopic (exact) mass is 241 g/mol. The average Bonchev–Trinajstić information content (AvgIpc) is 2.37. The van der Waals surface area contributed by atoms with Crippen molar-refractivity contribution >= 4 is 5.69 Å². The first-order chi connectivity index (χ1) is 8.17. The predicted molar refractivity (Wildman–Crippen MR) is 66.5 cm³/mol. The van der Waals surface area contributed by atoms with Gasteiger partial charge >= 0.3 is 0 Å². The fraction of sp³-hybridized carbons (Fsp3) is 0.500. The van der Waals surface area contributed by atoms with Crippen LogP contribution in [-0.4, -0.2) is 46.6 Å². The van der Waals surface area contributed by atoms with Crippen LogP contribution in [0.2, 0.25) is 0 Å². The second-order valence-corrected chi connectivity index (χ2v) is 3.53. The Kier molecular flexibility index (Phi) is 4.90. The molecule has 0 heterocycles. The molecular weight excluding hydrogens is 222 g/mol. The van der Waals surface area contributed by atoms with Gasteiger partial charge in [-0.3, -0.25) is 0 Å². The number of hydrogen-bond donors (Lipinski definition) is 1. The molecule has 0 aliphatic carbocycles. The minimum atomic E-state index is 0.0904. The van der Waals surface area contributed by atoms with Crippen molar-refractivity contribution in [2.24, 2.45) is 0 Å². The van der Waals surface area contributed by atoms with Gasteiger partial charge in [0.1, 0.15) is 0 Å². The van der Waals surface area contributed by atoms with Gasteiger partial charge in [0.15, 0.2) is 11.5 Å². The van der Waals surface area contributed by atoms with E-state index in [0.29, 0.717) is 23.8 Å². The Balaban J connectivity index is 3.17. The lowest BCUT2D eigenvalue weighted by atomic mass is 10.2. The highest BCUT2D eigenvalue weighted by Crippen LogP contribution is 2.40. The van der Waals surface area contributed by atoms with Crippen LogP contribution in [0.4, 0.5) is 5.69 Å². The lowest BCUT2D eigenvalue weighted by Gasteiger charge is -2.21. The Morgan fingerprint density at radius 1 is 1.06 bits per heavy atom. The van der Waals surface area contributed by atoms with E-state index in [0.717, 1.165) is 5.69 Å². The molecule has 0 saturated heterocycles. The Hall–Kier alpha value is -1.62. The van der Waals surface area contributed by atoms with E-state index < -0.39 is 0 Å². The molecule has 1 aromatic rings. The van der Waals surface area contributed by atoms with Crippen LogP contribution in [0.5, 0.6) is 17.2 Å². The van der Waals surface area contributed by atoms with Crippen molar-refractivity contribution in [1.29, 1.82) is 0 Å². The molecular formula is C12H19NO4. The SMILES string of the molecule is COc1cc(N(C)CCO)cc(OC)c1OC. The highest BCUT2D eigenvalue weighted by atomic mass is 16.5. The predicted octanol–water partition coefficient (Wildman–Crippen LogP) is 1.14. The van der Waals surface area contributed by atoms with Crippen molar-refractivity contribution < 1.29 is 19.3 Å². The summed E-state index contributed by atoms with van der Waals surface area (Å²) in [6.45, 7) is 0.631. The Bertz CT molecular complexity index is 343. The maximum atomic E-state index is 8.92. The summed E-state index contributed by atoms with van der Waals surface area (Å²) in [5, 5.41) is 8.92. The van der Waals surface area contributed by atoms with Gasteiger partial charge in [-0.05, 0) is 0 Å². The van der Waals surface area contributed by atoms with Crippen molar-refractivity contribution in [3.8, 4) is 17.2 Å². The third-order valence-corrected chi connectivity index (χ3v) is 2.53. The number of likely N-dealkylation sites (N-methyl/N-ethyl adjacent to an activating group) is 1. The van der Waals surface area contributed by atoms with E-state index in [1.54, 1.807) is 21.3 Å². The summed E-state index contributed by atoms with van der Waals surface area (Å²) in [5.74, 6) is 1.77. The van der Waals surface area contributed by atoms with Gasteiger partial charge < -0.3 is 24.2 Å². The van der Waals surface area contributed by atoms with Crippen LogP contribution in [0.3, 0.4) is 0 Å². The van der Waals surface area contributed by atoms with Crippen molar-refractivity contribution in [2.45, 2.75) is 0 Å². The number of benzene rings is 1. The number of nitrogens with zero attached hydrogens (tertiary/aromatic N) is 1. The molecule has 1 aromatic carbocycles. The molecule has 1 rings (SSSR count). The van der Waals surface area contributed by atoms with Crippen LogP contribution in [0.15, 0.2) is 12.1 Å². The molecule has 17 heavy (non-hydrogen) atoms. The number of hydrogen-bond acceptors (Lipinski definition) is 5. The molecule has 0 aliphatic heterocycles. The van der Waals surface area contributed by atoms with Crippen LogP contribution in [-0.2, 0) is 0 Å². The third-order valence-electron chi connectivity index (χ3n) is 2.53. The average molecular weight is 241 g/mol. The zero-order valence-electron chi connectivity index (χ0n) is 10.7. The molecule has 0 aromatic heterocycles. The largest absolute Gasteiger partial charge is 0.493 e. The first kappa shape index (κ1) is 13.4. The molecule has 5 heteroatoms. The smallest absolute Gasteiger partial charge is 0.203 e. The number of anilines is 1. The van der Waals surface area contributed by atoms with Crippen LogP contribution in [0.25, 0.3) is 0 Å². The standard InChI is InChI=1S/C12H19NO4/c1-13(5-6-14)9-7-10(15-2)12(17-4)11(8-9)16-3/h7-8,14H,5-6H2,1-4H3. The number of rotatable bonds is 6. The molecule has 1 N–H and O–H groups in total. The quantitative estimate of drug-likeness (QED) is 0.809. The lowest BCUT2D eigenvalue weighted by Crippen LogP contribution is -2.21. The van der Waals surface area contributed by atoms with E-state index in [2.05, 4.69) is 0 Å². The van der Waals surface area contributed by atoms with Crippen LogP contribution in [0.1, 0.15) is 0 Å². The van der Waals surface area contributed by atoms with E-state index in [-0.39, 0.29) is 6.61 Å². The second-order valence-electron chi connectivity index (χ2n) is 3.53. The van der Waals surface area contributed by atoms with Gasteiger partial charge in [-0.2, -0.15) is 0 Å². The molecule has 96 valence electrons. The molecule has 0 unspecified atom stereocenters. The summed E-state index contributed by atoms with van der Waals surface area (Å²) in [5.41, 5.74) is 0.897. The van der Waals surface area contributed by atoms with Crippen molar-refractivity contribution in [3.05, 3.63) is 12.1 Å². The van der Waals surface area contributed by atoms with Crippen molar-refractivity contribution in [3.63, 3.8) is 0 Å². The lowest BCUT2D eigenvalue weighted by molar-refractivity contribution is 0.303. The van der Waals surface area contributed by atoms with Crippen LogP contribution < -0.4 is 19.1 Å². The van der Waals surface area contributed by atoms with Crippen LogP contribution in [0, 0.1) is 0 Å². The molecule has 0 atom stereocenters. The van der Waals surface area contributed by atoms with E-state index in [4.69, 9.17) is 19.3 Å². The molecule has 0 amide bonds. The van der Waals surface area contributed by atoms with Gasteiger partial charge in [0, 0.05) is 31.4 Å². The minimum absolute atomic E-state index is 0.0904. The summed E-state index contributed by atoms with van der Waals surface area (Å²) in [6, 6.07) is 3.69.